The highest BCUT2D eigenvalue weighted by molar-refractivity contribution is 7.09. The van der Waals surface area contributed by atoms with Gasteiger partial charge in [0, 0.05) is 37.5 Å². The van der Waals surface area contributed by atoms with Gasteiger partial charge >= 0.3 is 0 Å². The molecule has 0 saturated heterocycles. The van der Waals surface area contributed by atoms with E-state index in [4.69, 9.17) is 10.5 Å². The van der Waals surface area contributed by atoms with Gasteiger partial charge in [0.15, 0.2) is 0 Å². The lowest BCUT2D eigenvalue weighted by atomic mass is 10.0. The van der Waals surface area contributed by atoms with Crippen LogP contribution in [0, 0.1) is 0 Å². The second kappa shape index (κ2) is 5.58. The van der Waals surface area contributed by atoms with Crippen molar-refractivity contribution in [3.8, 4) is 0 Å². The average molecular weight is 228 g/mol. The van der Waals surface area contributed by atoms with Gasteiger partial charge in [-0.3, -0.25) is 0 Å². The maximum atomic E-state index is 5.94. The van der Waals surface area contributed by atoms with Gasteiger partial charge in [-0.1, -0.05) is 0 Å². The predicted molar refractivity (Wildman–Crippen MR) is 64.3 cm³/mol. The molecule has 1 rings (SSSR count). The van der Waals surface area contributed by atoms with Crippen molar-refractivity contribution in [1.82, 2.24) is 4.98 Å². The first kappa shape index (κ1) is 12.6. The van der Waals surface area contributed by atoms with Crippen molar-refractivity contribution >= 4 is 11.3 Å². The first-order chi connectivity index (χ1) is 7.01. The summed E-state index contributed by atoms with van der Waals surface area (Å²) in [6.45, 7) is 4.85. The first-order valence-electron chi connectivity index (χ1n) is 5.22. The molecule has 1 aromatic rings. The van der Waals surface area contributed by atoms with Crippen LogP contribution in [-0.2, 0) is 17.6 Å². The van der Waals surface area contributed by atoms with Crippen molar-refractivity contribution in [2.75, 3.05) is 13.7 Å². The van der Waals surface area contributed by atoms with Crippen molar-refractivity contribution in [3.63, 3.8) is 0 Å². The number of hydrogen-bond donors (Lipinski definition) is 1. The van der Waals surface area contributed by atoms with Gasteiger partial charge in [0.05, 0.1) is 10.7 Å². The highest BCUT2D eigenvalue weighted by Crippen LogP contribution is 2.15. The summed E-state index contributed by atoms with van der Waals surface area (Å²) in [5, 5.41) is 3.29. The summed E-state index contributed by atoms with van der Waals surface area (Å²) in [6, 6.07) is 0. The fourth-order valence-electron chi connectivity index (χ4n) is 1.38. The summed E-state index contributed by atoms with van der Waals surface area (Å²) in [5.74, 6) is 0. The van der Waals surface area contributed by atoms with Gasteiger partial charge in [-0.25, -0.2) is 4.98 Å². The van der Waals surface area contributed by atoms with E-state index in [0.717, 1.165) is 31.6 Å². The molecule has 0 aliphatic carbocycles. The third-order valence-electron chi connectivity index (χ3n) is 1.98. The number of methoxy groups -OCH3 is 1. The van der Waals surface area contributed by atoms with Crippen LogP contribution < -0.4 is 5.73 Å². The lowest BCUT2D eigenvalue weighted by molar-refractivity contribution is 0.195. The molecule has 15 heavy (non-hydrogen) atoms. The molecule has 1 aromatic heterocycles. The number of nitrogens with zero attached hydrogens (tertiary/aromatic N) is 1. The summed E-state index contributed by atoms with van der Waals surface area (Å²) >= 11 is 1.72. The molecule has 0 unspecified atom stereocenters. The molecule has 1 heterocycles. The number of ether oxygens (including phenoxy) is 1. The van der Waals surface area contributed by atoms with Crippen LogP contribution in [0.4, 0.5) is 0 Å². The molecule has 0 aliphatic rings. The van der Waals surface area contributed by atoms with Crippen LogP contribution in [-0.4, -0.2) is 24.2 Å². The minimum absolute atomic E-state index is 0.169. The molecular weight excluding hydrogens is 208 g/mol. The van der Waals surface area contributed by atoms with Gasteiger partial charge in [0.25, 0.3) is 0 Å². The lowest BCUT2D eigenvalue weighted by Gasteiger charge is -2.16. The number of rotatable bonds is 6. The number of aryl methyl sites for hydroxylation is 1. The Morgan fingerprint density at radius 2 is 2.27 bits per heavy atom. The topological polar surface area (TPSA) is 48.1 Å². The highest BCUT2D eigenvalue weighted by Gasteiger charge is 2.13. The van der Waals surface area contributed by atoms with E-state index >= 15 is 0 Å². The zero-order chi connectivity index (χ0) is 11.3. The fourth-order valence-corrected chi connectivity index (χ4v) is 2.22. The van der Waals surface area contributed by atoms with Crippen LogP contribution in [0.2, 0.25) is 0 Å². The smallest absolute Gasteiger partial charge is 0.0929 e. The molecule has 0 saturated carbocycles. The Balaban J connectivity index is 2.42. The molecule has 0 bridgehead atoms. The zero-order valence-corrected chi connectivity index (χ0v) is 10.6. The molecule has 0 atom stereocenters. The van der Waals surface area contributed by atoms with Crippen molar-refractivity contribution in [3.05, 3.63) is 16.1 Å². The van der Waals surface area contributed by atoms with Gasteiger partial charge in [0.2, 0.25) is 0 Å². The Morgan fingerprint density at radius 1 is 1.53 bits per heavy atom. The van der Waals surface area contributed by atoms with Crippen LogP contribution in [0.15, 0.2) is 5.38 Å². The van der Waals surface area contributed by atoms with E-state index in [9.17, 15) is 0 Å². The normalized spacial score (nSPS) is 12.0. The van der Waals surface area contributed by atoms with Crippen molar-refractivity contribution < 1.29 is 4.74 Å². The van der Waals surface area contributed by atoms with Crippen LogP contribution in [0.1, 0.15) is 31.0 Å². The minimum Gasteiger partial charge on any atom is -0.385 e. The molecule has 86 valence electrons. The molecule has 2 N–H and O–H groups in total. The van der Waals surface area contributed by atoms with Crippen molar-refractivity contribution in [1.29, 1.82) is 0 Å². The molecule has 3 nitrogen and oxygen atoms in total. The molecule has 4 heteroatoms. The lowest BCUT2D eigenvalue weighted by Crippen LogP contribution is -2.34. The van der Waals surface area contributed by atoms with E-state index in [-0.39, 0.29) is 5.54 Å². The maximum absolute atomic E-state index is 5.94. The Kier molecular flexibility index (Phi) is 4.70. The monoisotopic (exact) mass is 228 g/mol. The molecule has 0 aliphatic heterocycles. The van der Waals surface area contributed by atoms with Gasteiger partial charge in [-0.05, 0) is 20.3 Å². The second-order valence-corrected chi connectivity index (χ2v) is 5.44. The standard InChI is InChI=1S/C11H20N2OS/c1-11(2,12)7-9-8-15-10(13-9)5-4-6-14-3/h8H,4-7,12H2,1-3H3. The maximum Gasteiger partial charge on any atom is 0.0929 e. The van der Waals surface area contributed by atoms with Gasteiger partial charge < -0.3 is 10.5 Å². The predicted octanol–water partition coefficient (Wildman–Crippen LogP) is 2.00. The first-order valence-corrected chi connectivity index (χ1v) is 6.10. The van der Waals surface area contributed by atoms with Gasteiger partial charge in [0.1, 0.15) is 0 Å². The van der Waals surface area contributed by atoms with E-state index in [1.54, 1.807) is 18.4 Å². The van der Waals surface area contributed by atoms with Crippen LogP contribution in [0.5, 0.6) is 0 Å². The molecular formula is C11H20N2OS. The number of nitrogens with two attached hydrogens (primary N) is 1. The number of hydrogen-bond acceptors (Lipinski definition) is 4. The van der Waals surface area contributed by atoms with Crippen LogP contribution >= 0.6 is 11.3 Å². The highest BCUT2D eigenvalue weighted by atomic mass is 32.1. The molecule has 0 aromatic carbocycles. The van der Waals surface area contributed by atoms with E-state index in [1.165, 1.54) is 5.01 Å². The largest absolute Gasteiger partial charge is 0.385 e. The Morgan fingerprint density at radius 3 is 2.87 bits per heavy atom. The summed E-state index contributed by atoms with van der Waals surface area (Å²) < 4.78 is 5.01. The quantitative estimate of drug-likeness (QED) is 0.758. The van der Waals surface area contributed by atoms with E-state index in [1.807, 2.05) is 13.8 Å². The molecule has 0 fully saturated rings. The van der Waals surface area contributed by atoms with Crippen LogP contribution in [0.25, 0.3) is 0 Å². The van der Waals surface area contributed by atoms with E-state index in [0.29, 0.717) is 0 Å². The molecule has 0 radical (unpaired) electrons. The zero-order valence-electron chi connectivity index (χ0n) is 9.75. The minimum atomic E-state index is -0.169. The van der Waals surface area contributed by atoms with Crippen molar-refractivity contribution in [2.24, 2.45) is 5.73 Å². The van der Waals surface area contributed by atoms with Gasteiger partial charge in [-0.2, -0.15) is 0 Å². The van der Waals surface area contributed by atoms with Crippen LogP contribution in [0.3, 0.4) is 0 Å². The van der Waals surface area contributed by atoms with E-state index in [2.05, 4.69) is 10.4 Å². The van der Waals surface area contributed by atoms with Crippen molar-refractivity contribution in [2.45, 2.75) is 38.6 Å². The SMILES string of the molecule is COCCCc1nc(CC(C)(C)N)cs1. The summed E-state index contributed by atoms with van der Waals surface area (Å²) in [7, 11) is 1.73. The summed E-state index contributed by atoms with van der Waals surface area (Å²) in [6.07, 6.45) is 2.88. The Labute approximate surface area is 95.7 Å². The second-order valence-electron chi connectivity index (χ2n) is 4.49. The average Bonchev–Trinajstić information content (AvgIpc) is 2.50. The number of thiazole rings is 1. The van der Waals surface area contributed by atoms with E-state index < -0.39 is 0 Å². The summed E-state index contributed by atoms with van der Waals surface area (Å²) in [4.78, 5) is 4.55. The number of aromatic nitrogens is 1. The third-order valence-corrected chi connectivity index (χ3v) is 2.93. The third kappa shape index (κ3) is 5.25. The van der Waals surface area contributed by atoms with Gasteiger partial charge in [-0.15, -0.1) is 11.3 Å². The Hall–Kier alpha value is -0.450. The Bertz CT molecular complexity index is 291. The molecule has 0 amide bonds. The summed E-state index contributed by atoms with van der Waals surface area (Å²) in [5.41, 5.74) is 6.89. The molecule has 0 spiro atoms. The fraction of sp³-hybridized carbons (Fsp3) is 0.727.